The summed E-state index contributed by atoms with van der Waals surface area (Å²) in [7, 11) is 0. The van der Waals surface area contributed by atoms with Gasteiger partial charge in [-0.15, -0.1) is 0 Å². The molecule has 0 atom stereocenters. The van der Waals surface area contributed by atoms with E-state index < -0.39 is 0 Å². The van der Waals surface area contributed by atoms with Gasteiger partial charge in [0.1, 0.15) is 11.6 Å². The van der Waals surface area contributed by atoms with Crippen LogP contribution >= 0.6 is 15.9 Å². The minimum Gasteiger partial charge on any atom is -0.330 e. The Kier molecular flexibility index (Phi) is 5.11. The summed E-state index contributed by atoms with van der Waals surface area (Å²) >= 11 is 3.25. The molecular weight excluding hydrogens is 309 g/mol. The lowest BCUT2D eigenvalue weighted by Crippen LogP contribution is -2.26. The van der Waals surface area contributed by atoms with Crippen LogP contribution in [0.2, 0.25) is 0 Å². The smallest absolute Gasteiger partial charge is 0.140 e. The minimum absolute atomic E-state index is 0.129. The van der Waals surface area contributed by atoms with Crippen molar-refractivity contribution in [2.24, 2.45) is 17.6 Å². The molecule has 19 heavy (non-hydrogen) atoms. The van der Waals surface area contributed by atoms with Crippen molar-refractivity contribution in [1.82, 2.24) is 0 Å². The Labute approximate surface area is 121 Å². The Hall–Kier alpha value is -0.740. The van der Waals surface area contributed by atoms with Crippen LogP contribution in [0, 0.1) is 17.7 Å². The number of carbonyl (C=O) groups is 1. The van der Waals surface area contributed by atoms with Crippen LogP contribution in [-0.2, 0) is 11.2 Å². The first kappa shape index (κ1) is 14.7. The van der Waals surface area contributed by atoms with Crippen LogP contribution < -0.4 is 5.73 Å². The average Bonchev–Trinajstić information content (AvgIpc) is 2.37. The summed E-state index contributed by atoms with van der Waals surface area (Å²) in [5, 5.41) is 0. The number of Topliss-reactive ketones (excluding diaryl/α,β-unsaturated/α-hetero) is 1. The van der Waals surface area contributed by atoms with E-state index in [9.17, 15) is 9.18 Å². The Morgan fingerprint density at radius 3 is 2.53 bits per heavy atom. The van der Waals surface area contributed by atoms with Crippen LogP contribution in [0.3, 0.4) is 0 Å². The van der Waals surface area contributed by atoms with Crippen LogP contribution in [0.15, 0.2) is 22.7 Å². The zero-order chi connectivity index (χ0) is 13.8. The number of halogens is 2. The van der Waals surface area contributed by atoms with Gasteiger partial charge in [-0.1, -0.05) is 15.9 Å². The summed E-state index contributed by atoms with van der Waals surface area (Å²) in [6.45, 7) is 0.720. The van der Waals surface area contributed by atoms with Crippen LogP contribution in [0.25, 0.3) is 0 Å². The SMILES string of the molecule is NCC1CCC(C(=O)Cc2cc(F)cc(Br)c2)CC1. The van der Waals surface area contributed by atoms with Crippen molar-refractivity contribution >= 4 is 21.7 Å². The van der Waals surface area contributed by atoms with Crippen molar-refractivity contribution in [2.45, 2.75) is 32.1 Å². The van der Waals surface area contributed by atoms with Gasteiger partial charge < -0.3 is 5.73 Å². The largest absolute Gasteiger partial charge is 0.330 e. The molecule has 0 aromatic heterocycles. The normalized spacial score (nSPS) is 23.3. The third kappa shape index (κ3) is 4.11. The number of carbonyl (C=O) groups excluding carboxylic acids is 1. The lowest BCUT2D eigenvalue weighted by Gasteiger charge is -2.26. The number of rotatable bonds is 4. The fraction of sp³-hybridized carbons (Fsp3) is 0.533. The minimum atomic E-state index is -0.302. The van der Waals surface area contributed by atoms with Crippen molar-refractivity contribution in [3.8, 4) is 0 Å². The topological polar surface area (TPSA) is 43.1 Å². The van der Waals surface area contributed by atoms with Gasteiger partial charge in [0.15, 0.2) is 0 Å². The Balaban J connectivity index is 1.94. The molecule has 0 unspecified atom stereocenters. The molecule has 0 saturated heterocycles. The summed E-state index contributed by atoms with van der Waals surface area (Å²) in [5.41, 5.74) is 6.40. The van der Waals surface area contributed by atoms with E-state index in [2.05, 4.69) is 15.9 Å². The summed E-state index contributed by atoms with van der Waals surface area (Å²) in [6, 6.07) is 4.65. The molecule has 1 aromatic rings. The maximum atomic E-state index is 13.3. The van der Waals surface area contributed by atoms with Crippen molar-refractivity contribution in [3.63, 3.8) is 0 Å². The van der Waals surface area contributed by atoms with E-state index >= 15 is 0 Å². The van der Waals surface area contributed by atoms with E-state index in [1.54, 1.807) is 0 Å². The lowest BCUT2D eigenvalue weighted by molar-refractivity contribution is -0.123. The molecule has 0 spiro atoms. The fourth-order valence-electron chi connectivity index (χ4n) is 2.78. The number of benzene rings is 1. The van der Waals surface area contributed by atoms with Gasteiger partial charge in [-0.25, -0.2) is 4.39 Å². The van der Waals surface area contributed by atoms with Crippen LogP contribution in [0.1, 0.15) is 31.2 Å². The summed E-state index contributed by atoms with van der Waals surface area (Å²) in [4.78, 5) is 12.2. The Morgan fingerprint density at radius 1 is 1.26 bits per heavy atom. The Bertz CT molecular complexity index is 435. The first-order valence-corrected chi connectivity index (χ1v) is 7.55. The van der Waals surface area contributed by atoms with Gasteiger partial charge in [-0.2, -0.15) is 0 Å². The van der Waals surface area contributed by atoms with Crippen LogP contribution in [0.4, 0.5) is 4.39 Å². The third-order valence-electron chi connectivity index (χ3n) is 3.94. The van der Waals surface area contributed by atoms with Gasteiger partial charge >= 0.3 is 0 Å². The van der Waals surface area contributed by atoms with E-state index in [4.69, 9.17) is 5.73 Å². The molecule has 1 fully saturated rings. The molecule has 0 amide bonds. The highest BCUT2D eigenvalue weighted by Crippen LogP contribution is 2.29. The maximum absolute atomic E-state index is 13.3. The van der Waals surface area contributed by atoms with Gasteiger partial charge in [-0.05, 0) is 61.9 Å². The Morgan fingerprint density at radius 2 is 1.95 bits per heavy atom. The summed E-state index contributed by atoms with van der Waals surface area (Å²) in [5.74, 6) is 0.634. The fourth-order valence-corrected chi connectivity index (χ4v) is 3.29. The molecular formula is C15H19BrFNO. The van der Waals surface area contributed by atoms with Crippen molar-refractivity contribution in [3.05, 3.63) is 34.1 Å². The van der Waals surface area contributed by atoms with E-state index in [0.29, 0.717) is 16.8 Å². The first-order valence-electron chi connectivity index (χ1n) is 6.76. The van der Waals surface area contributed by atoms with Crippen molar-refractivity contribution in [1.29, 1.82) is 0 Å². The number of hydrogen-bond donors (Lipinski definition) is 1. The number of hydrogen-bond acceptors (Lipinski definition) is 2. The van der Waals surface area contributed by atoms with Gasteiger partial charge in [0, 0.05) is 16.8 Å². The van der Waals surface area contributed by atoms with E-state index in [1.807, 2.05) is 6.07 Å². The van der Waals surface area contributed by atoms with Gasteiger partial charge in [0.2, 0.25) is 0 Å². The first-order chi connectivity index (χ1) is 9.08. The van der Waals surface area contributed by atoms with Crippen LogP contribution in [0.5, 0.6) is 0 Å². The predicted octanol–water partition coefficient (Wildman–Crippen LogP) is 3.46. The lowest BCUT2D eigenvalue weighted by atomic mass is 9.79. The molecule has 2 N–H and O–H groups in total. The number of nitrogens with two attached hydrogens (primary N) is 1. The van der Waals surface area contributed by atoms with E-state index in [1.165, 1.54) is 12.1 Å². The highest BCUT2D eigenvalue weighted by molar-refractivity contribution is 9.10. The zero-order valence-electron chi connectivity index (χ0n) is 10.9. The van der Waals surface area contributed by atoms with Crippen molar-refractivity contribution < 1.29 is 9.18 Å². The predicted molar refractivity (Wildman–Crippen MR) is 77.3 cm³/mol. The summed E-state index contributed by atoms with van der Waals surface area (Å²) < 4.78 is 13.9. The summed E-state index contributed by atoms with van der Waals surface area (Å²) in [6.07, 6.45) is 4.27. The molecule has 1 aliphatic rings. The third-order valence-corrected chi connectivity index (χ3v) is 4.39. The van der Waals surface area contributed by atoms with E-state index in [-0.39, 0.29) is 17.5 Å². The standard InChI is InChI=1S/C15H19BrFNO/c16-13-5-11(6-14(17)8-13)7-15(19)12-3-1-10(9-18)2-4-12/h5-6,8,10,12H,1-4,7,9,18H2. The van der Waals surface area contributed by atoms with Crippen molar-refractivity contribution in [2.75, 3.05) is 6.54 Å². The monoisotopic (exact) mass is 327 g/mol. The second-order valence-corrected chi connectivity index (χ2v) is 6.29. The molecule has 2 rings (SSSR count). The molecule has 1 aromatic carbocycles. The molecule has 1 saturated carbocycles. The average molecular weight is 328 g/mol. The van der Waals surface area contributed by atoms with Gasteiger partial charge in [-0.3, -0.25) is 4.79 Å². The van der Waals surface area contributed by atoms with Crippen LogP contribution in [-0.4, -0.2) is 12.3 Å². The molecule has 4 heteroatoms. The van der Waals surface area contributed by atoms with Gasteiger partial charge in [0.25, 0.3) is 0 Å². The molecule has 0 aliphatic heterocycles. The molecule has 104 valence electrons. The highest BCUT2D eigenvalue weighted by Gasteiger charge is 2.25. The second-order valence-electron chi connectivity index (χ2n) is 5.37. The molecule has 2 nitrogen and oxygen atoms in total. The molecule has 0 bridgehead atoms. The van der Waals surface area contributed by atoms with Gasteiger partial charge in [0.05, 0.1) is 0 Å². The molecule has 1 aliphatic carbocycles. The molecule has 0 radical (unpaired) electrons. The zero-order valence-corrected chi connectivity index (χ0v) is 12.5. The maximum Gasteiger partial charge on any atom is 0.140 e. The quantitative estimate of drug-likeness (QED) is 0.920. The second kappa shape index (κ2) is 6.62. The van der Waals surface area contributed by atoms with E-state index in [0.717, 1.165) is 37.8 Å². The number of ketones is 1. The molecule has 0 heterocycles. The highest BCUT2D eigenvalue weighted by atomic mass is 79.9.